The molecule has 0 spiro atoms. The van der Waals surface area contributed by atoms with E-state index in [2.05, 4.69) is 10.4 Å². The summed E-state index contributed by atoms with van der Waals surface area (Å²) in [5.41, 5.74) is 0.411. The van der Waals surface area contributed by atoms with Gasteiger partial charge in [0.15, 0.2) is 6.61 Å². The van der Waals surface area contributed by atoms with Crippen molar-refractivity contribution < 1.29 is 36.8 Å². The number of para-hydroxylation sites is 1. The van der Waals surface area contributed by atoms with Crippen LogP contribution in [0.3, 0.4) is 0 Å². The fourth-order valence-electron chi connectivity index (χ4n) is 2.73. The number of benzene rings is 2. The van der Waals surface area contributed by atoms with E-state index in [0.717, 1.165) is 10.7 Å². The van der Waals surface area contributed by atoms with Gasteiger partial charge in [0.2, 0.25) is 5.91 Å². The molecule has 9 nitrogen and oxygen atoms in total. The standard InChI is InChI=1S/C21H18F4N4O5/c1-13-7-18(29(31)32)27-28(13)11-19(30)26-14-8-16(33-12-21(24,25)20(22)23)10-17(9-14)34-15-5-3-2-4-6-15/h2-10,20H,11-12H2,1H3,(H,26,30). The molecule has 1 aromatic heterocycles. The van der Waals surface area contributed by atoms with Gasteiger partial charge < -0.3 is 24.9 Å². The molecule has 0 aliphatic rings. The predicted molar refractivity (Wildman–Crippen MR) is 112 cm³/mol. The Morgan fingerprint density at radius 1 is 1.15 bits per heavy atom. The molecular weight excluding hydrogens is 464 g/mol. The zero-order valence-corrected chi connectivity index (χ0v) is 17.6. The third-order valence-electron chi connectivity index (χ3n) is 4.34. The lowest BCUT2D eigenvalue weighted by Gasteiger charge is -2.17. The summed E-state index contributed by atoms with van der Waals surface area (Å²) < 4.78 is 63.1. The zero-order chi connectivity index (χ0) is 24.9. The van der Waals surface area contributed by atoms with Gasteiger partial charge in [-0.2, -0.15) is 13.5 Å². The molecule has 34 heavy (non-hydrogen) atoms. The Morgan fingerprint density at radius 3 is 2.44 bits per heavy atom. The number of ether oxygens (including phenoxy) is 2. The second-order valence-corrected chi connectivity index (χ2v) is 7.07. The normalized spacial score (nSPS) is 11.4. The highest BCUT2D eigenvalue weighted by Gasteiger charge is 2.41. The number of rotatable bonds is 10. The minimum atomic E-state index is -4.38. The molecule has 0 aliphatic carbocycles. The predicted octanol–water partition coefficient (Wildman–Crippen LogP) is 4.81. The van der Waals surface area contributed by atoms with Crippen LogP contribution in [0.1, 0.15) is 5.69 Å². The fourth-order valence-corrected chi connectivity index (χ4v) is 2.73. The van der Waals surface area contributed by atoms with E-state index < -0.39 is 35.6 Å². The maximum atomic E-state index is 13.3. The number of carbonyl (C=O) groups is 1. The summed E-state index contributed by atoms with van der Waals surface area (Å²) in [6, 6.07) is 13.2. The lowest BCUT2D eigenvalue weighted by Crippen LogP contribution is -2.33. The summed E-state index contributed by atoms with van der Waals surface area (Å²) in [4.78, 5) is 22.6. The molecule has 0 unspecified atom stereocenters. The Hall–Kier alpha value is -4.16. The van der Waals surface area contributed by atoms with Gasteiger partial charge in [-0.15, -0.1) is 0 Å². The number of nitrogens with one attached hydrogen (secondary N) is 1. The van der Waals surface area contributed by atoms with Crippen LogP contribution >= 0.6 is 0 Å². The van der Waals surface area contributed by atoms with Crippen LogP contribution in [0.2, 0.25) is 0 Å². The van der Waals surface area contributed by atoms with E-state index in [0.29, 0.717) is 11.4 Å². The van der Waals surface area contributed by atoms with Crippen LogP contribution < -0.4 is 14.8 Å². The first-order valence-electron chi connectivity index (χ1n) is 9.69. The third kappa shape index (κ3) is 6.43. The van der Waals surface area contributed by atoms with E-state index in [1.165, 1.54) is 25.1 Å². The molecule has 0 bridgehead atoms. The van der Waals surface area contributed by atoms with Crippen molar-refractivity contribution in [3.63, 3.8) is 0 Å². The molecule has 0 saturated carbocycles. The number of hydrogen-bond acceptors (Lipinski definition) is 6. The van der Waals surface area contributed by atoms with Gasteiger partial charge >= 0.3 is 18.2 Å². The zero-order valence-electron chi connectivity index (χ0n) is 17.6. The number of anilines is 1. The second-order valence-electron chi connectivity index (χ2n) is 7.07. The maximum absolute atomic E-state index is 13.3. The number of alkyl halides is 4. The van der Waals surface area contributed by atoms with E-state index in [4.69, 9.17) is 9.47 Å². The summed E-state index contributed by atoms with van der Waals surface area (Å²) in [5, 5.41) is 17.0. The van der Waals surface area contributed by atoms with Crippen molar-refractivity contribution in [2.45, 2.75) is 25.8 Å². The van der Waals surface area contributed by atoms with E-state index in [1.807, 2.05) is 0 Å². The molecule has 2 aromatic carbocycles. The van der Waals surface area contributed by atoms with Gasteiger partial charge in [-0.05, 0) is 24.0 Å². The van der Waals surface area contributed by atoms with Crippen LogP contribution in [0.4, 0.5) is 29.1 Å². The van der Waals surface area contributed by atoms with Crippen LogP contribution in [0, 0.1) is 17.0 Å². The summed E-state index contributed by atoms with van der Waals surface area (Å²) in [7, 11) is 0. The van der Waals surface area contributed by atoms with Crippen molar-refractivity contribution in [3.8, 4) is 17.2 Å². The second kappa shape index (κ2) is 10.2. The van der Waals surface area contributed by atoms with Gasteiger partial charge in [-0.3, -0.25) is 4.79 Å². The number of halogens is 4. The Labute approximate surface area is 190 Å². The van der Waals surface area contributed by atoms with Crippen molar-refractivity contribution >= 4 is 17.4 Å². The van der Waals surface area contributed by atoms with Crippen LogP contribution in [0.25, 0.3) is 0 Å². The maximum Gasteiger partial charge on any atom is 0.390 e. The van der Waals surface area contributed by atoms with E-state index in [9.17, 15) is 32.5 Å². The van der Waals surface area contributed by atoms with Crippen molar-refractivity contribution in [1.29, 1.82) is 0 Å². The minimum absolute atomic E-state index is 0.0492. The van der Waals surface area contributed by atoms with Crippen molar-refractivity contribution in [3.05, 3.63) is 70.4 Å². The first-order chi connectivity index (χ1) is 16.0. The van der Waals surface area contributed by atoms with Crippen molar-refractivity contribution in [2.24, 2.45) is 0 Å². The molecule has 0 aliphatic heterocycles. The summed E-state index contributed by atoms with van der Waals surface area (Å²) in [5.74, 6) is -5.26. The van der Waals surface area contributed by atoms with Crippen LogP contribution in [0.15, 0.2) is 54.6 Å². The summed E-state index contributed by atoms with van der Waals surface area (Å²) >= 11 is 0. The van der Waals surface area contributed by atoms with Crippen LogP contribution in [-0.2, 0) is 11.3 Å². The molecule has 0 saturated heterocycles. The lowest BCUT2D eigenvalue weighted by atomic mass is 10.2. The molecular formula is C21H18F4N4O5. The van der Waals surface area contributed by atoms with Crippen molar-refractivity contribution in [1.82, 2.24) is 9.78 Å². The first kappa shape index (κ1) is 24.5. The Balaban J connectivity index is 1.80. The molecule has 3 rings (SSSR count). The fraction of sp³-hybridized carbons (Fsp3) is 0.238. The van der Waals surface area contributed by atoms with Gasteiger partial charge in [0.05, 0.1) is 16.9 Å². The Bertz CT molecular complexity index is 1170. The molecule has 1 amide bonds. The minimum Gasteiger partial charge on any atom is -0.487 e. The number of aryl methyl sites for hydroxylation is 1. The average Bonchev–Trinajstić information content (AvgIpc) is 3.13. The third-order valence-corrected chi connectivity index (χ3v) is 4.34. The van der Waals surface area contributed by atoms with E-state index >= 15 is 0 Å². The molecule has 180 valence electrons. The Kier molecular flexibility index (Phi) is 7.34. The van der Waals surface area contributed by atoms with Crippen molar-refractivity contribution in [2.75, 3.05) is 11.9 Å². The van der Waals surface area contributed by atoms with E-state index in [1.54, 1.807) is 30.3 Å². The molecule has 0 atom stereocenters. The lowest BCUT2D eigenvalue weighted by molar-refractivity contribution is -0.389. The highest BCUT2D eigenvalue weighted by molar-refractivity contribution is 5.91. The highest BCUT2D eigenvalue weighted by Crippen LogP contribution is 2.31. The molecule has 1 heterocycles. The molecule has 0 fully saturated rings. The number of carbonyl (C=O) groups excluding carboxylic acids is 1. The largest absolute Gasteiger partial charge is 0.487 e. The van der Waals surface area contributed by atoms with Gasteiger partial charge in [0, 0.05) is 23.9 Å². The summed E-state index contributed by atoms with van der Waals surface area (Å²) in [6.45, 7) is -0.456. The average molecular weight is 482 g/mol. The smallest absolute Gasteiger partial charge is 0.390 e. The molecule has 0 radical (unpaired) electrons. The van der Waals surface area contributed by atoms with Gasteiger partial charge in [0.25, 0.3) is 0 Å². The van der Waals surface area contributed by atoms with Gasteiger partial charge in [0.1, 0.15) is 23.8 Å². The van der Waals surface area contributed by atoms with E-state index in [-0.39, 0.29) is 23.7 Å². The van der Waals surface area contributed by atoms with Gasteiger partial charge in [-0.1, -0.05) is 18.2 Å². The molecule has 3 aromatic rings. The quantitative estimate of drug-likeness (QED) is 0.252. The number of nitro groups is 1. The number of nitrogens with zero attached hydrogens (tertiary/aromatic N) is 3. The SMILES string of the molecule is Cc1cc([N+](=O)[O-])nn1CC(=O)Nc1cc(OCC(F)(F)C(F)F)cc(Oc2ccccc2)c1. The molecule has 1 N–H and O–H groups in total. The van der Waals surface area contributed by atoms with Gasteiger partial charge in [-0.25, -0.2) is 8.78 Å². The number of aromatic nitrogens is 2. The first-order valence-corrected chi connectivity index (χ1v) is 9.69. The number of amides is 1. The topological polar surface area (TPSA) is 109 Å². The number of hydrogen-bond donors (Lipinski definition) is 1. The highest BCUT2D eigenvalue weighted by atomic mass is 19.3. The van der Waals surface area contributed by atoms with Crippen LogP contribution in [-0.4, -0.2) is 39.6 Å². The Morgan fingerprint density at radius 2 is 1.82 bits per heavy atom. The monoisotopic (exact) mass is 482 g/mol. The van der Waals surface area contributed by atoms with Crippen LogP contribution in [0.5, 0.6) is 17.2 Å². The summed E-state index contributed by atoms with van der Waals surface area (Å²) in [6.07, 6.45) is -3.92. The molecule has 13 heteroatoms.